The Morgan fingerprint density at radius 2 is 2.00 bits per heavy atom. The van der Waals surface area contributed by atoms with Gasteiger partial charge in [-0.2, -0.15) is 0 Å². The second kappa shape index (κ2) is 5.10. The van der Waals surface area contributed by atoms with Crippen molar-refractivity contribution < 1.29 is 4.74 Å². The van der Waals surface area contributed by atoms with Crippen LogP contribution in [0.1, 0.15) is 20.8 Å². The Balaban J connectivity index is 2.18. The van der Waals surface area contributed by atoms with E-state index >= 15 is 0 Å². The summed E-state index contributed by atoms with van der Waals surface area (Å²) in [6.45, 7) is 10.6. The van der Waals surface area contributed by atoms with Crippen molar-refractivity contribution in [2.75, 3.05) is 33.4 Å². The van der Waals surface area contributed by atoms with E-state index in [4.69, 9.17) is 4.74 Å². The highest BCUT2D eigenvalue weighted by Crippen LogP contribution is 2.14. The summed E-state index contributed by atoms with van der Waals surface area (Å²) in [4.78, 5) is 0. The zero-order valence-electron chi connectivity index (χ0n) is 9.89. The van der Waals surface area contributed by atoms with E-state index < -0.39 is 0 Å². The lowest BCUT2D eigenvalue weighted by molar-refractivity contribution is 0.182. The van der Waals surface area contributed by atoms with E-state index in [1.165, 1.54) is 0 Å². The number of hydrogen-bond donors (Lipinski definition) is 2. The lowest BCUT2D eigenvalue weighted by Crippen LogP contribution is -2.40. The van der Waals surface area contributed by atoms with Crippen LogP contribution >= 0.6 is 0 Å². The van der Waals surface area contributed by atoms with Gasteiger partial charge in [0.2, 0.25) is 0 Å². The maximum absolute atomic E-state index is 5.44. The minimum absolute atomic E-state index is 0.370. The normalized spacial score (nSPS) is 28.3. The number of ether oxygens (including phenoxy) is 1. The van der Waals surface area contributed by atoms with Crippen molar-refractivity contribution in [3.8, 4) is 0 Å². The van der Waals surface area contributed by atoms with Gasteiger partial charge >= 0.3 is 0 Å². The number of likely N-dealkylation sites (N-methyl/N-ethyl adjacent to an activating group) is 1. The summed E-state index contributed by atoms with van der Waals surface area (Å²) >= 11 is 0. The second-order valence-electron chi connectivity index (χ2n) is 5.38. The maximum Gasteiger partial charge on any atom is 0.0623 e. The van der Waals surface area contributed by atoms with Gasteiger partial charge in [-0.25, -0.2) is 0 Å². The monoisotopic (exact) mass is 200 g/mol. The minimum atomic E-state index is 0.370. The molecule has 0 spiro atoms. The van der Waals surface area contributed by atoms with Crippen molar-refractivity contribution in [3.63, 3.8) is 0 Å². The Morgan fingerprint density at radius 3 is 2.57 bits per heavy atom. The van der Waals surface area contributed by atoms with E-state index in [1.807, 2.05) is 7.05 Å². The van der Waals surface area contributed by atoms with Gasteiger partial charge in [-0.15, -0.1) is 0 Å². The third-order valence-electron chi connectivity index (χ3n) is 2.63. The molecule has 2 N–H and O–H groups in total. The van der Waals surface area contributed by atoms with Crippen LogP contribution in [0.5, 0.6) is 0 Å². The summed E-state index contributed by atoms with van der Waals surface area (Å²) in [6, 6.07) is 0.530. The molecule has 1 aliphatic heterocycles. The van der Waals surface area contributed by atoms with Gasteiger partial charge in [0.05, 0.1) is 13.2 Å². The molecule has 0 radical (unpaired) electrons. The van der Waals surface area contributed by atoms with Gasteiger partial charge in [0, 0.05) is 25.0 Å². The molecule has 0 bridgehead atoms. The summed E-state index contributed by atoms with van der Waals surface area (Å²) in [5.74, 6) is 0.627. The van der Waals surface area contributed by atoms with Gasteiger partial charge in [0.1, 0.15) is 0 Å². The molecule has 2 unspecified atom stereocenters. The fourth-order valence-corrected chi connectivity index (χ4v) is 1.75. The van der Waals surface area contributed by atoms with Crippen molar-refractivity contribution in [1.29, 1.82) is 0 Å². The molecule has 1 heterocycles. The van der Waals surface area contributed by atoms with Crippen molar-refractivity contribution in [2.24, 2.45) is 11.3 Å². The zero-order valence-corrected chi connectivity index (χ0v) is 9.89. The molecular formula is C11H24N2O. The van der Waals surface area contributed by atoms with E-state index in [-0.39, 0.29) is 0 Å². The molecule has 84 valence electrons. The van der Waals surface area contributed by atoms with E-state index in [0.717, 1.165) is 26.3 Å². The third kappa shape index (κ3) is 3.95. The van der Waals surface area contributed by atoms with Crippen LogP contribution in [-0.4, -0.2) is 39.4 Å². The zero-order chi connectivity index (χ0) is 10.6. The number of rotatable bonds is 4. The van der Waals surface area contributed by atoms with Crippen LogP contribution in [0.15, 0.2) is 0 Å². The van der Waals surface area contributed by atoms with E-state index in [0.29, 0.717) is 17.4 Å². The van der Waals surface area contributed by atoms with Crippen molar-refractivity contribution in [1.82, 2.24) is 10.6 Å². The molecule has 2 atom stereocenters. The first-order valence-electron chi connectivity index (χ1n) is 5.48. The van der Waals surface area contributed by atoms with Gasteiger partial charge in [-0.1, -0.05) is 20.8 Å². The predicted octanol–water partition coefficient (Wildman–Crippen LogP) is 0.856. The topological polar surface area (TPSA) is 33.3 Å². The maximum atomic E-state index is 5.44. The van der Waals surface area contributed by atoms with Crippen molar-refractivity contribution in [2.45, 2.75) is 26.8 Å². The number of nitrogens with one attached hydrogen (secondary N) is 2. The first-order valence-corrected chi connectivity index (χ1v) is 5.48. The average molecular weight is 200 g/mol. The largest absolute Gasteiger partial charge is 0.379 e. The Morgan fingerprint density at radius 1 is 1.29 bits per heavy atom. The average Bonchev–Trinajstić information content (AvgIpc) is 2.49. The summed E-state index contributed by atoms with van der Waals surface area (Å²) in [7, 11) is 2.01. The van der Waals surface area contributed by atoms with E-state index in [1.54, 1.807) is 0 Å². The molecule has 0 amide bonds. The van der Waals surface area contributed by atoms with Crippen LogP contribution in [0, 0.1) is 11.3 Å². The third-order valence-corrected chi connectivity index (χ3v) is 2.63. The molecule has 1 aliphatic rings. The smallest absolute Gasteiger partial charge is 0.0623 e. The lowest BCUT2D eigenvalue weighted by atomic mass is 9.96. The summed E-state index contributed by atoms with van der Waals surface area (Å²) < 4.78 is 5.44. The van der Waals surface area contributed by atoms with Crippen LogP contribution in [-0.2, 0) is 4.74 Å². The molecule has 0 aromatic carbocycles. The van der Waals surface area contributed by atoms with Crippen LogP contribution in [0.25, 0.3) is 0 Å². The quantitative estimate of drug-likeness (QED) is 0.706. The highest BCUT2D eigenvalue weighted by molar-refractivity contribution is 4.82. The van der Waals surface area contributed by atoms with Gasteiger partial charge in [-0.05, 0) is 12.5 Å². The molecule has 14 heavy (non-hydrogen) atoms. The Labute approximate surface area is 87.6 Å². The van der Waals surface area contributed by atoms with Gasteiger partial charge in [0.15, 0.2) is 0 Å². The SMILES string of the molecule is CNC1COCC1CNCC(C)(C)C. The summed E-state index contributed by atoms with van der Waals surface area (Å²) in [5, 5.41) is 6.81. The van der Waals surface area contributed by atoms with Crippen molar-refractivity contribution in [3.05, 3.63) is 0 Å². The van der Waals surface area contributed by atoms with E-state index in [9.17, 15) is 0 Å². The highest BCUT2D eigenvalue weighted by atomic mass is 16.5. The van der Waals surface area contributed by atoms with Crippen molar-refractivity contribution >= 4 is 0 Å². The molecular weight excluding hydrogens is 176 g/mol. The molecule has 3 nitrogen and oxygen atoms in total. The Hall–Kier alpha value is -0.120. The predicted molar refractivity (Wildman–Crippen MR) is 59.5 cm³/mol. The van der Waals surface area contributed by atoms with Crippen LogP contribution in [0.2, 0.25) is 0 Å². The first kappa shape index (κ1) is 12.0. The molecule has 0 aromatic heterocycles. The van der Waals surface area contributed by atoms with Gasteiger partial charge in [0.25, 0.3) is 0 Å². The molecule has 0 saturated carbocycles. The Kier molecular flexibility index (Phi) is 4.35. The number of hydrogen-bond acceptors (Lipinski definition) is 3. The van der Waals surface area contributed by atoms with E-state index in [2.05, 4.69) is 31.4 Å². The second-order valence-corrected chi connectivity index (χ2v) is 5.38. The fraction of sp³-hybridized carbons (Fsp3) is 1.00. The molecule has 1 fully saturated rings. The molecule has 0 aromatic rings. The van der Waals surface area contributed by atoms with Crippen LogP contribution in [0.3, 0.4) is 0 Å². The van der Waals surface area contributed by atoms with Gasteiger partial charge in [-0.3, -0.25) is 0 Å². The minimum Gasteiger partial charge on any atom is -0.379 e. The van der Waals surface area contributed by atoms with Crippen LogP contribution < -0.4 is 10.6 Å². The summed E-state index contributed by atoms with van der Waals surface area (Å²) in [6.07, 6.45) is 0. The van der Waals surface area contributed by atoms with Crippen LogP contribution in [0.4, 0.5) is 0 Å². The van der Waals surface area contributed by atoms with Gasteiger partial charge < -0.3 is 15.4 Å². The standard InChI is InChI=1S/C11H24N2O/c1-11(2,3)8-13-5-9-6-14-7-10(9)12-4/h9-10,12-13H,5-8H2,1-4H3. The fourth-order valence-electron chi connectivity index (χ4n) is 1.75. The molecule has 1 saturated heterocycles. The summed E-state index contributed by atoms with van der Waals surface area (Å²) in [5.41, 5.74) is 0.370. The lowest BCUT2D eigenvalue weighted by Gasteiger charge is -2.22. The molecule has 1 rings (SSSR count). The first-order chi connectivity index (χ1) is 6.53. The molecule has 3 heteroatoms. The molecule has 0 aliphatic carbocycles. The highest BCUT2D eigenvalue weighted by Gasteiger charge is 2.26. The Bertz CT molecular complexity index is 165.